The molecule has 4 aromatic rings. The van der Waals surface area contributed by atoms with E-state index < -0.39 is 24.3 Å². The second-order valence-electron chi connectivity index (χ2n) is 14.3. The first-order valence-corrected chi connectivity index (χ1v) is 18.6. The molecule has 10 nitrogen and oxygen atoms in total. The van der Waals surface area contributed by atoms with Gasteiger partial charge >= 0.3 is 6.09 Å². The van der Waals surface area contributed by atoms with Crippen molar-refractivity contribution in [3.05, 3.63) is 131 Å². The summed E-state index contributed by atoms with van der Waals surface area (Å²) >= 11 is 0. The summed E-state index contributed by atoms with van der Waals surface area (Å²) in [4.78, 5) is 42.3. The number of alkyl carbamates (subject to hydrolysis) is 1. The number of likely N-dealkylation sites (tertiary alicyclic amines) is 2. The van der Waals surface area contributed by atoms with Crippen LogP contribution in [0.15, 0.2) is 103 Å². The van der Waals surface area contributed by atoms with Gasteiger partial charge in [-0.05, 0) is 71.4 Å². The Morgan fingerprint density at radius 3 is 2.28 bits per heavy atom. The lowest BCUT2D eigenvalue weighted by molar-refractivity contribution is -0.276. The monoisotopic (exact) mass is 717 g/mol. The van der Waals surface area contributed by atoms with Crippen molar-refractivity contribution in [2.45, 2.75) is 76.9 Å². The number of benzene rings is 4. The molecule has 276 valence electrons. The maximum atomic E-state index is 13.2. The Morgan fingerprint density at radius 2 is 1.53 bits per heavy atom. The Morgan fingerprint density at radius 1 is 0.811 bits per heavy atom. The van der Waals surface area contributed by atoms with Crippen molar-refractivity contribution in [2.75, 3.05) is 19.6 Å². The van der Waals surface area contributed by atoms with Gasteiger partial charge in [0.1, 0.15) is 12.6 Å². The Bertz CT molecular complexity index is 1880. The minimum Gasteiger partial charge on any atom is -0.445 e. The summed E-state index contributed by atoms with van der Waals surface area (Å²) in [6, 6.07) is 32.2. The summed E-state index contributed by atoms with van der Waals surface area (Å²) in [6.07, 6.45) is 2.00. The third-order valence-corrected chi connectivity index (χ3v) is 10.5. The smallest absolute Gasteiger partial charge is 0.408 e. The molecule has 3 saturated heterocycles. The molecule has 0 aromatic heterocycles. The summed E-state index contributed by atoms with van der Waals surface area (Å²) in [6.45, 7) is 5.34. The molecule has 5 atom stereocenters. The van der Waals surface area contributed by atoms with Crippen LogP contribution in [0.25, 0.3) is 11.1 Å². The predicted octanol–water partition coefficient (Wildman–Crippen LogP) is 6.68. The maximum absolute atomic E-state index is 13.2. The zero-order chi connectivity index (χ0) is 36.7. The number of nitrogens with zero attached hydrogens (tertiary/aromatic N) is 2. The van der Waals surface area contributed by atoms with E-state index in [-0.39, 0.29) is 50.2 Å². The number of imide groups is 1. The highest BCUT2D eigenvalue weighted by Gasteiger charge is 2.41. The van der Waals surface area contributed by atoms with Crippen LogP contribution in [0, 0.1) is 5.92 Å². The van der Waals surface area contributed by atoms with Crippen LogP contribution >= 0.6 is 0 Å². The van der Waals surface area contributed by atoms with Crippen LogP contribution in [0.4, 0.5) is 4.79 Å². The largest absolute Gasteiger partial charge is 0.445 e. The Balaban J connectivity index is 1.04. The van der Waals surface area contributed by atoms with Gasteiger partial charge < -0.3 is 29.5 Å². The van der Waals surface area contributed by atoms with Crippen LogP contribution in [-0.2, 0) is 43.6 Å². The van der Waals surface area contributed by atoms with Gasteiger partial charge in [0.05, 0.1) is 31.8 Å². The van der Waals surface area contributed by atoms with Gasteiger partial charge in [0.15, 0.2) is 6.29 Å². The van der Waals surface area contributed by atoms with Crippen molar-refractivity contribution in [2.24, 2.45) is 5.92 Å². The van der Waals surface area contributed by atoms with Crippen molar-refractivity contribution in [1.29, 1.82) is 0 Å². The van der Waals surface area contributed by atoms with Gasteiger partial charge in [-0.15, -0.1) is 0 Å². The summed E-state index contributed by atoms with van der Waals surface area (Å²) in [7, 11) is 0. The van der Waals surface area contributed by atoms with Crippen LogP contribution in [0.2, 0.25) is 0 Å². The molecule has 3 heterocycles. The Kier molecular flexibility index (Phi) is 11.6. The second-order valence-corrected chi connectivity index (χ2v) is 14.3. The van der Waals surface area contributed by atoms with Crippen LogP contribution in [0.1, 0.15) is 72.8 Å². The standard InChI is InChI=1S/C43H47N3O7/c1-29-38(26-45-20-6-3-7-21-45)52-42(53-40(29)33-18-16-30(27-47)17-19-33)36-15-9-14-35(23-36)34-13-8-12-32(22-34)25-46-39(48)24-37(41(46)49)44-43(50)51-28-31-10-4-2-5-11-31/h2,4-5,8-19,22-23,29,37-38,40,42,47H,3,6-7,20-21,24-28H2,1H3,(H,44,50)/t29-,37?,38+,40+,42+/m1/s1. The van der Waals surface area contributed by atoms with E-state index in [1.54, 1.807) is 0 Å². The third-order valence-electron chi connectivity index (χ3n) is 10.5. The van der Waals surface area contributed by atoms with Crippen molar-refractivity contribution < 1.29 is 33.7 Å². The van der Waals surface area contributed by atoms with Crippen LogP contribution in [0.3, 0.4) is 0 Å². The number of nitrogens with one attached hydrogen (secondary N) is 1. The van der Waals surface area contributed by atoms with E-state index in [1.807, 2.05) is 97.1 Å². The molecule has 0 radical (unpaired) electrons. The highest BCUT2D eigenvalue weighted by atomic mass is 16.7. The van der Waals surface area contributed by atoms with Gasteiger partial charge in [-0.3, -0.25) is 14.5 Å². The van der Waals surface area contributed by atoms with E-state index >= 15 is 0 Å². The highest BCUT2D eigenvalue weighted by Crippen LogP contribution is 2.42. The molecule has 53 heavy (non-hydrogen) atoms. The number of carbonyl (C=O) groups is 3. The SMILES string of the molecule is C[C@@H]1[C@H](CN2CCCCC2)O[C@H](c2cccc(-c3cccc(CN4C(=O)CC(NC(=O)OCc5ccccc5)C4=O)c3)c2)O[C@@H]1c1ccc(CO)cc1. The fraction of sp³-hybridized carbons (Fsp3) is 0.372. The minimum atomic E-state index is -0.973. The molecule has 0 aliphatic carbocycles. The predicted molar refractivity (Wildman–Crippen MR) is 199 cm³/mol. The lowest BCUT2D eigenvalue weighted by Crippen LogP contribution is -2.45. The number of hydrogen-bond acceptors (Lipinski definition) is 8. The zero-order valence-electron chi connectivity index (χ0n) is 30.1. The number of amides is 3. The molecule has 1 unspecified atom stereocenters. The van der Waals surface area contributed by atoms with Gasteiger partial charge in [-0.25, -0.2) is 4.79 Å². The van der Waals surface area contributed by atoms with Gasteiger partial charge in [0, 0.05) is 18.0 Å². The Hall–Kier alpha value is -4.87. The lowest BCUT2D eigenvalue weighted by Gasteiger charge is -2.43. The Labute approximate surface area is 310 Å². The van der Waals surface area contributed by atoms with Crippen molar-refractivity contribution in [3.63, 3.8) is 0 Å². The number of rotatable bonds is 11. The number of ether oxygens (including phenoxy) is 3. The van der Waals surface area contributed by atoms with Crippen LogP contribution in [0.5, 0.6) is 0 Å². The first-order valence-electron chi connectivity index (χ1n) is 18.6. The average molecular weight is 718 g/mol. The van der Waals surface area contributed by atoms with Crippen molar-refractivity contribution >= 4 is 17.9 Å². The molecule has 10 heteroatoms. The molecule has 2 N–H and O–H groups in total. The van der Waals surface area contributed by atoms with E-state index in [2.05, 4.69) is 23.2 Å². The maximum Gasteiger partial charge on any atom is 0.408 e. The van der Waals surface area contributed by atoms with Gasteiger partial charge in [0.2, 0.25) is 5.91 Å². The molecule has 3 amide bonds. The topological polar surface area (TPSA) is 118 Å². The number of aliphatic hydroxyl groups excluding tert-OH is 1. The van der Waals surface area contributed by atoms with E-state index in [1.165, 1.54) is 24.2 Å². The normalized spacial score (nSPS) is 23.6. The quantitative estimate of drug-likeness (QED) is 0.165. The molecule has 4 aromatic carbocycles. The number of piperidine rings is 1. The molecule has 0 spiro atoms. The summed E-state index contributed by atoms with van der Waals surface area (Å²) in [5.74, 6) is -0.699. The molecule has 3 fully saturated rings. The van der Waals surface area contributed by atoms with E-state index in [9.17, 15) is 19.5 Å². The van der Waals surface area contributed by atoms with E-state index in [0.717, 1.165) is 58.6 Å². The summed E-state index contributed by atoms with van der Waals surface area (Å²) < 4.78 is 18.8. The molecular weight excluding hydrogens is 670 g/mol. The van der Waals surface area contributed by atoms with Crippen molar-refractivity contribution in [3.8, 4) is 11.1 Å². The number of aliphatic hydroxyl groups is 1. The first-order chi connectivity index (χ1) is 25.8. The summed E-state index contributed by atoms with van der Waals surface area (Å²) in [5, 5.41) is 12.2. The third kappa shape index (κ3) is 8.85. The lowest BCUT2D eigenvalue weighted by atomic mass is 9.89. The average Bonchev–Trinajstić information content (AvgIpc) is 3.45. The zero-order valence-corrected chi connectivity index (χ0v) is 30.1. The van der Waals surface area contributed by atoms with Crippen LogP contribution < -0.4 is 5.32 Å². The van der Waals surface area contributed by atoms with Gasteiger partial charge in [-0.2, -0.15) is 0 Å². The van der Waals surface area contributed by atoms with E-state index in [0.29, 0.717) is 0 Å². The number of carbonyl (C=O) groups excluding carboxylic acids is 3. The minimum absolute atomic E-state index is 0.00689. The van der Waals surface area contributed by atoms with Gasteiger partial charge in [-0.1, -0.05) is 104 Å². The van der Waals surface area contributed by atoms with E-state index in [4.69, 9.17) is 14.2 Å². The molecule has 7 rings (SSSR count). The molecule has 3 aliphatic heterocycles. The fourth-order valence-electron chi connectivity index (χ4n) is 7.49. The van der Waals surface area contributed by atoms with Crippen molar-refractivity contribution in [1.82, 2.24) is 15.1 Å². The molecule has 0 saturated carbocycles. The number of hydrogen-bond donors (Lipinski definition) is 2. The van der Waals surface area contributed by atoms with Crippen LogP contribution in [-0.4, -0.2) is 64.6 Å². The summed E-state index contributed by atoms with van der Waals surface area (Å²) in [5.41, 5.74) is 6.30. The molecular formula is C43H47N3O7. The first kappa shape index (κ1) is 36.5. The highest BCUT2D eigenvalue weighted by molar-refractivity contribution is 6.06. The fourth-order valence-corrected chi connectivity index (χ4v) is 7.49. The molecule has 3 aliphatic rings. The van der Waals surface area contributed by atoms with Gasteiger partial charge in [0.25, 0.3) is 5.91 Å². The molecule has 0 bridgehead atoms. The second kappa shape index (κ2) is 16.9.